The van der Waals surface area contributed by atoms with Gasteiger partial charge in [0.15, 0.2) is 0 Å². The Morgan fingerprint density at radius 1 is 1.62 bits per heavy atom. The molecule has 0 aromatic rings. The predicted octanol–water partition coefficient (Wildman–Crippen LogP) is 1.69. The molecule has 1 nitrogen and oxygen atoms in total. The van der Waals surface area contributed by atoms with E-state index in [2.05, 4.69) is 25.6 Å². The maximum absolute atomic E-state index is 4.82. The van der Waals surface area contributed by atoms with E-state index in [0.717, 1.165) is 18.9 Å². The summed E-state index contributed by atoms with van der Waals surface area (Å²) in [5.41, 5.74) is 0. The average Bonchev–Trinajstić information content (AvgIpc) is 1.83. The molecule has 0 N–H and O–H groups in total. The van der Waals surface area contributed by atoms with Crippen molar-refractivity contribution in [3.8, 4) is 0 Å². The van der Waals surface area contributed by atoms with Crippen LogP contribution in [-0.2, 0) is 4.52 Å². The SMILES string of the molecule is CC(CP)CCOP. The van der Waals surface area contributed by atoms with Crippen LogP contribution in [0.15, 0.2) is 0 Å². The van der Waals surface area contributed by atoms with Crippen LogP contribution in [0.1, 0.15) is 13.3 Å². The van der Waals surface area contributed by atoms with Crippen LogP contribution in [0.25, 0.3) is 0 Å². The molecule has 0 heterocycles. The minimum Gasteiger partial charge on any atom is -0.366 e. The Morgan fingerprint density at radius 3 is 2.62 bits per heavy atom. The van der Waals surface area contributed by atoms with Crippen molar-refractivity contribution in [2.45, 2.75) is 13.3 Å². The number of rotatable bonds is 4. The van der Waals surface area contributed by atoms with Crippen molar-refractivity contribution in [2.24, 2.45) is 5.92 Å². The van der Waals surface area contributed by atoms with Crippen molar-refractivity contribution in [2.75, 3.05) is 12.8 Å². The molecule has 0 bridgehead atoms. The highest BCUT2D eigenvalue weighted by atomic mass is 31.0. The summed E-state index contributed by atoms with van der Waals surface area (Å²) in [6, 6.07) is 0. The van der Waals surface area contributed by atoms with Crippen LogP contribution in [0.2, 0.25) is 0 Å². The highest BCUT2D eigenvalue weighted by molar-refractivity contribution is 7.16. The topological polar surface area (TPSA) is 9.23 Å². The van der Waals surface area contributed by atoms with Gasteiger partial charge in [0, 0.05) is 9.47 Å². The van der Waals surface area contributed by atoms with Crippen LogP contribution < -0.4 is 0 Å². The highest BCUT2D eigenvalue weighted by Gasteiger charge is 1.95. The zero-order chi connectivity index (χ0) is 6.41. The van der Waals surface area contributed by atoms with Crippen LogP contribution in [-0.4, -0.2) is 12.8 Å². The van der Waals surface area contributed by atoms with Crippen molar-refractivity contribution < 1.29 is 4.52 Å². The van der Waals surface area contributed by atoms with Crippen LogP contribution in [0.4, 0.5) is 0 Å². The molecule has 0 saturated carbocycles. The van der Waals surface area contributed by atoms with E-state index in [-0.39, 0.29) is 0 Å². The molecule has 0 saturated heterocycles. The van der Waals surface area contributed by atoms with E-state index >= 15 is 0 Å². The van der Waals surface area contributed by atoms with Crippen molar-refractivity contribution in [3.63, 3.8) is 0 Å². The summed E-state index contributed by atoms with van der Waals surface area (Å²) in [6.07, 6.45) is 2.33. The molecule has 50 valence electrons. The van der Waals surface area contributed by atoms with E-state index in [4.69, 9.17) is 4.52 Å². The summed E-state index contributed by atoms with van der Waals surface area (Å²) in [6.45, 7) is 3.08. The van der Waals surface area contributed by atoms with Gasteiger partial charge in [-0.2, -0.15) is 0 Å². The van der Waals surface area contributed by atoms with Crippen LogP contribution in [0.3, 0.4) is 0 Å². The molecule has 8 heavy (non-hydrogen) atoms. The molecule has 0 rings (SSSR count). The van der Waals surface area contributed by atoms with Crippen LogP contribution in [0.5, 0.6) is 0 Å². The maximum Gasteiger partial charge on any atom is 0.0504 e. The van der Waals surface area contributed by atoms with Crippen molar-refractivity contribution in [1.82, 2.24) is 0 Å². The molecule has 0 aliphatic rings. The largest absolute Gasteiger partial charge is 0.366 e. The average molecular weight is 152 g/mol. The summed E-state index contributed by atoms with van der Waals surface area (Å²) in [4.78, 5) is 0. The highest BCUT2D eigenvalue weighted by Crippen LogP contribution is 2.05. The second kappa shape index (κ2) is 5.95. The fourth-order valence-corrected chi connectivity index (χ4v) is 0.759. The smallest absolute Gasteiger partial charge is 0.0504 e. The zero-order valence-corrected chi connectivity index (χ0v) is 7.57. The molecular formula is C5H14OP2. The Bertz CT molecular complexity index is 49.7. The molecule has 0 aliphatic carbocycles. The summed E-state index contributed by atoms with van der Waals surface area (Å²) in [7, 11) is 4.99. The van der Waals surface area contributed by atoms with E-state index in [9.17, 15) is 0 Å². The van der Waals surface area contributed by atoms with E-state index in [1.54, 1.807) is 0 Å². The van der Waals surface area contributed by atoms with Gasteiger partial charge in [0.25, 0.3) is 0 Å². The minimum atomic E-state index is 0.778. The van der Waals surface area contributed by atoms with E-state index < -0.39 is 0 Å². The van der Waals surface area contributed by atoms with Gasteiger partial charge < -0.3 is 4.52 Å². The first-order valence-corrected chi connectivity index (χ1v) is 4.11. The normalized spacial score (nSPS) is 13.9. The first-order valence-electron chi connectivity index (χ1n) is 2.83. The predicted molar refractivity (Wildman–Crippen MR) is 44.0 cm³/mol. The molecule has 0 amide bonds. The van der Waals surface area contributed by atoms with E-state index in [1.165, 1.54) is 6.16 Å². The van der Waals surface area contributed by atoms with Crippen LogP contribution in [0, 0.1) is 5.92 Å². The molecule has 3 heteroatoms. The molecule has 0 aromatic heterocycles. The van der Waals surface area contributed by atoms with E-state index in [0.29, 0.717) is 0 Å². The number of hydrogen-bond acceptors (Lipinski definition) is 1. The van der Waals surface area contributed by atoms with Crippen molar-refractivity contribution in [1.29, 1.82) is 0 Å². The fourth-order valence-electron chi connectivity index (χ4n) is 0.387. The summed E-state index contributed by atoms with van der Waals surface area (Å²) in [5.74, 6) is 0.778. The third-order valence-electron chi connectivity index (χ3n) is 1.13. The third-order valence-corrected chi connectivity index (χ3v) is 2.17. The lowest BCUT2D eigenvalue weighted by atomic mass is 10.1. The lowest BCUT2D eigenvalue weighted by Crippen LogP contribution is -1.98. The minimum absolute atomic E-state index is 0.778. The van der Waals surface area contributed by atoms with E-state index in [1.807, 2.05) is 0 Å². The molecule has 0 fully saturated rings. The van der Waals surface area contributed by atoms with Gasteiger partial charge in [0.05, 0.1) is 6.61 Å². The third kappa shape index (κ3) is 4.97. The standard InChI is InChI=1S/C5H14OP2/c1-5(4-7)2-3-6-8/h5H,2-4,7-8H2,1H3. The van der Waals surface area contributed by atoms with Crippen LogP contribution >= 0.6 is 18.7 Å². The molecule has 3 atom stereocenters. The van der Waals surface area contributed by atoms with Gasteiger partial charge in [-0.15, -0.1) is 9.24 Å². The van der Waals surface area contributed by atoms with Crippen molar-refractivity contribution in [3.05, 3.63) is 0 Å². The first kappa shape index (κ1) is 8.82. The fraction of sp³-hybridized carbons (Fsp3) is 1.00. The van der Waals surface area contributed by atoms with Gasteiger partial charge in [-0.3, -0.25) is 0 Å². The summed E-state index contributed by atoms with van der Waals surface area (Å²) < 4.78 is 4.82. The molecule has 0 aliphatic heterocycles. The second-order valence-electron chi connectivity index (χ2n) is 2.00. The van der Waals surface area contributed by atoms with Gasteiger partial charge in [0.1, 0.15) is 0 Å². The summed E-state index contributed by atoms with van der Waals surface area (Å²) >= 11 is 0. The lowest BCUT2D eigenvalue weighted by molar-refractivity contribution is 0.335. The summed E-state index contributed by atoms with van der Waals surface area (Å²) in [5, 5.41) is 0. The molecule has 0 radical (unpaired) electrons. The molecule has 0 spiro atoms. The van der Waals surface area contributed by atoms with Gasteiger partial charge in [0.2, 0.25) is 0 Å². The van der Waals surface area contributed by atoms with Gasteiger partial charge in [-0.1, -0.05) is 6.92 Å². The molecule has 3 unspecified atom stereocenters. The quantitative estimate of drug-likeness (QED) is 0.557. The Kier molecular flexibility index (Phi) is 6.56. The van der Waals surface area contributed by atoms with Gasteiger partial charge in [-0.05, 0) is 18.5 Å². The Hall–Kier alpha value is 0.820. The molecule has 0 aromatic carbocycles. The monoisotopic (exact) mass is 152 g/mol. The Morgan fingerprint density at radius 2 is 2.25 bits per heavy atom. The van der Waals surface area contributed by atoms with Crippen molar-refractivity contribution >= 4 is 18.7 Å². The Labute approximate surface area is 56.1 Å². The van der Waals surface area contributed by atoms with Gasteiger partial charge >= 0.3 is 0 Å². The second-order valence-corrected chi connectivity index (χ2v) is 2.81. The number of hydrogen-bond donors (Lipinski definition) is 0. The van der Waals surface area contributed by atoms with Gasteiger partial charge in [-0.25, -0.2) is 0 Å². The molecular weight excluding hydrogens is 138 g/mol. The zero-order valence-electron chi connectivity index (χ0n) is 5.26. The maximum atomic E-state index is 4.82. The first-order chi connectivity index (χ1) is 3.81. The Balaban J connectivity index is 2.86. The lowest BCUT2D eigenvalue weighted by Gasteiger charge is -2.04.